The first-order valence-electron chi connectivity index (χ1n) is 2.96. The average molecular weight is 198 g/mol. The van der Waals surface area contributed by atoms with Crippen LogP contribution in [0.15, 0.2) is 4.63 Å². The van der Waals surface area contributed by atoms with Crippen molar-refractivity contribution in [2.75, 3.05) is 13.2 Å². The Morgan fingerprint density at radius 2 is 2.17 bits per heavy atom. The Bertz CT molecular complexity index is 206. The molecule has 0 spiro atoms. The molecule has 6 nitrogen and oxygen atoms in total. The number of ether oxygens (including phenoxy) is 1. The highest BCUT2D eigenvalue weighted by Crippen LogP contribution is 2.08. The van der Waals surface area contributed by atoms with Gasteiger partial charge >= 0.3 is 0 Å². The number of nitrogens with two attached hydrogens (primary N) is 1. The van der Waals surface area contributed by atoms with Gasteiger partial charge in [-0.2, -0.15) is 0 Å². The molecule has 0 radical (unpaired) electrons. The van der Waals surface area contributed by atoms with Gasteiger partial charge in [-0.05, 0) is 12.1 Å². The Hall–Kier alpha value is -0.850. The standard InChI is InChI=1S/C5H9N3O2.ClH.H2O/c1-4-5(8-10-7-4)9-3-2-6;;/h2-3,6H2,1H3;1H;1H2. The van der Waals surface area contributed by atoms with Gasteiger partial charge in [0.15, 0.2) is 0 Å². The molecule has 0 atom stereocenters. The molecule has 1 aromatic rings. The molecule has 4 N–H and O–H groups in total. The number of hydrogen-bond donors (Lipinski definition) is 1. The second-order valence-electron chi connectivity index (χ2n) is 1.79. The van der Waals surface area contributed by atoms with E-state index in [1.165, 1.54) is 0 Å². The predicted octanol–water partition coefficient (Wildman–Crippen LogP) is -0.687. The van der Waals surface area contributed by atoms with Gasteiger partial charge in [-0.15, -0.1) is 12.4 Å². The summed E-state index contributed by atoms with van der Waals surface area (Å²) < 4.78 is 9.41. The molecule has 0 saturated heterocycles. The Morgan fingerprint density at radius 3 is 2.58 bits per heavy atom. The zero-order valence-corrected chi connectivity index (χ0v) is 7.43. The van der Waals surface area contributed by atoms with Gasteiger partial charge in [-0.1, -0.05) is 5.16 Å². The summed E-state index contributed by atoms with van der Waals surface area (Å²) in [5.74, 6) is 0.422. The van der Waals surface area contributed by atoms with Crippen LogP contribution in [0, 0.1) is 6.92 Å². The summed E-state index contributed by atoms with van der Waals surface area (Å²) in [7, 11) is 0. The lowest BCUT2D eigenvalue weighted by Gasteiger charge is -1.96. The van der Waals surface area contributed by atoms with Gasteiger partial charge in [0.1, 0.15) is 12.3 Å². The van der Waals surface area contributed by atoms with Crippen LogP contribution in [0.25, 0.3) is 0 Å². The molecule has 0 aliphatic heterocycles. The summed E-state index contributed by atoms with van der Waals surface area (Å²) in [6.07, 6.45) is 0. The van der Waals surface area contributed by atoms with E-state index in [-0.39, 0.29) is 17.9 Å². The van der Waals surface area contributed by atoms with Gasteiger partial charge in [0, 0.05) is 6.54 Å². The summed E-state index contributed by atoms with van der Waals surface area (Å²) >= 11 is 0. The van der Waals surface area contributed by atoms with Crippen LogP contribution in [0.5, 0.6) is 5.88 Å². The summed E-state index contributed by atoms with van der Waals surface area (Å²) in [5, 5.41) is 7.01. The molecule has 0 saturated carbocycles. The van der Waals surface area contributed by atoms with Crippen LogP contribution in [0.2, 0.25) is 0 Å². The van der Waals surface area contributed by atoms with E-state index in [4.69, 9.17) is 10.5 Å². The average Bonchev–Trinajstić information content (AvgIpc) is 2.31. The quantitative estimate of drug-likeness (QED) is 0.691. The first-order valence-corrected chi connectivity index (χ1v) is 2.96. The lowest BCUT2D eigenvalue weighted by Crippen LogP contribution is -2.11. The minimum absolute atomic E-state index is 0. The molecule has 0 aromatic carbocycles. The lowest BCUT2D eigenvalue weighted by molar-refractivity contribution is 0.260. The van der Waals surface area contributed by atoms with E-state index in [9.17, 15) is 0 Å². The highest BCUT2D eigenvalue weighted by Gasteiger charge is 2.03. The van der Waals surface area contributed by atoms with E-state index in [1.54, 1.807) is 6.92 Å². The van der Waals surface area contributed by atoms with E-state index in [0.29, 0.717) is 24.7 Å². The first kappa shape index (κ1) is 13.7. The molecule has 0 aliphatic carbocycles. The van der Waals surface area contributed by atoms with Gasteiger partial charge in [0.05, 0.1) is 0 Å². The van der Waals surface area contributed by atoms with Gasteiger partial charge < -0.3 is 15.9 Å². The second kappa shape index (κ2) is 6.84. The number of aromatic nitrogens is 2. The molecule has 0 aliphatic rings. The fourth-order valence-electron chi connectivity index (χ4n) is 0.510. The van der Waals surface area contributed by atoms with Gasteiger partial charge in [-0.25, -0.2) is 4.63 Å². The van der Waals surface area contributed by atoms with Crippen molar-refractivity contribution in [3.05, 3.63) is 5.69 Å². The molecule has 7 heteroatoms. The highest BCUT2D eigenvalue weighted by molar-refractivity contribution is 5.85. The minimum Gasteiger partial charge on any atom is -0.473 e. The Morgan fingerprint density at radius 1 is 1.50 bits per heavy atom. The number of halogens is 1. The molecule has 0 unspecified atom stereocenters. The molecule has 0 amide bonds. The van der Waals surface area contributed by atoms with E-state index < -0.39 is 0 Å². The largest absolute Gasteiger partial charge is 0.473 e. The highest BCUT2D eigenvalue weighted by atomic mass is 35.5. The normalized spacial score (nSPS) is 8.17. The number of rotatable bonds is 3. The van der Waals surface area contributed by atoms with E-state index >= 15 is 0 Å². The summed E-state index contributed by atoms with van der Waals surface area (Å²) in [4.78, 5) is 0. The van der Waals surface area contributed by atoms with Crippen LogP contribution in [0.1, 0.15) is 5.69 Å². The molecule has 0 bridgehead atoms. The van der Waals surface area contributed by atoms with Crippen molar-refractivity contribution < 1.29 is 14.8 Å². The van der Waals surface area contributed by atoms with Crippen LogP contribution in [-0.2, 0) is 0 Å². The predicted molar refractivity (Wildman–Crippen MR) is 44.4 cm³/mol. The van der Waals surface area contributed by atoms with E-state index in [2.05, 4.69) is 14.9 Å². The first-order chi connectivity index (χ1) is 4.84. The Kier molecular flexibility index (Phi) is 7.82. The Labute approximate surface area is 75.7 Å². The topological polar surface area (TPSA) is 106 Å². The maximum absolute atomic E-state index is 5.19. The molecule has 1 rings (SSSR count). The molecule has 1 aromatic heterocycles. The summed E-state index contributed by atoms with van der Waals surface area (Å²) in [6.45, 7) is 2.66. The molecule has 72 valence electrons. The van der Waals surface area contributed by atoms with Crippen LogP contribution in [0.3, 0.4) is 0 Å². The number of aryl methyl sites for hydroxylation is 1. The zero-order chi connectivity index (χ0) is 7.40. The third kappa shape index (κ3) is 3.51. The zero-order valence-electron chi connectivity index (χ0n) is 6.61. The van der Waals surface area contributed by atoms with Gasteiger partial charge in [0.25, 0.3) is 5.88 Å². The molecular weight excluding hydrogens is 186 g/mol. The van der Waals surface area contributed by atoms with Crippen LogP contribution in [-0.4, -0.2) is 28.9 Å². The lowest BCUT2D eigenvalue weighted by atomic mass is 10.5. The fourth-order valence-corrected chi connectivity index (χ4v) is 0.510. The SMILES string of the molecule is Cc1nonc1OCCN.Cl.O. The van der Waals surface area contributed by atoms with Crippen molar-refractivity contribution in [2.45, 2.75) is 6.92 Å². The molecule has 0 fully saturated rings. The fraction of sp³-hybridized carbons (Fsp3) is 0.600. The minimum atomic E-state index is 0. The van der Waals surface area contributed by atoms with Crippen molar-refractivity contribution >= 4 is 12.4 Å². The monoisotopic (exact) mass is 197 g/mol. The van der Waals surface area contributed by atoms with Gasteiger partial charge in [0.2, 0.25) is 0 Å². The van der Waals surface area contributed by atoms with Crippen molar-refractivity contribution in [2.24, 2.45) is 5.73 Å². The van der Waals surface area contributed by atoms with Crippen LogP contribution < -0.4 is 10.5 Å². The van der Waals surface area contributed by atoms with Crippen LogP contribution in [0.4, 0.5) is 0 Å². The Balaban J connectivity index is 0. The number of hydrogen-bond acceptors (Lipinski definition) is 5. The van der Waals surface area contributed by atoms with Crippen molar-refractivity contribution in [3.63, 3.8) is 0 Å². The molecular formula is C5H12ClN3O3. The molecule has 1 heterocycles. The van der Waals surface area contributed by atoms with E-state index in [0.717, 1.165) is 0 Å². The summed E-state index contributed by atoms with van der Waals surface area (Å²) in [6, 6.07) is 0. The van der Waals surface area contributed by atoms with E-state index in [1.807, 2.05) is 0 Å². The van der Waals surface area contributed by atoms with Crippen molar-refractivity contribution in [3.8, 4) is 5.88 Å². The molecule has 12 heavy (non-hydrogen) atoms. The third-order valence-corrected chi connectivity index (χ3v) is 0.968. The second-order valence-corrected chi connectivity index (χ2v) is 1.79. The maximum atomic E-state index is 5.19. The smallest absolute Gasteiger partial charge is 0.278 e. The van der Waals surface area contributed by atoms with Crippen molar-refractivity contribution in [1.29, 1.82) is 0 Å². The van der Waals surface area contributed by atoms with Gasteiger partial charge in [-0.3, -0.25) is 0 Å². The number of nitrogens with zero attached hydrogens (tertiary/aromatic N) is 2. The maximum Gasteiger partial charge on any atom is 0.278 e. The van der Waals surface area contributed by atoms with Crippen LogP contribution >= 0.6 is 12.4 Å². The van der Waals surface area contributed by atoms with Crippen molar-refractivity contribution in [1.82, 2.24) is 10.3 Å². The third-order valence-electron chi connectivity index (χ3n) is 0.968. The summed E-state index contributed by atoms with van der Waals surface area (Å²) in [5.41, 5.74) is 5.84.